The van der Waals surface area contributed by atoms with Crippen molar-refractivity contribution < 1.29 is 31.5 Å². The van der Waals surface area contributed by atoms with E-state index in [0.29, 0.717) is 10.1 Å². The summed E-state index contributed by atoms with van der Waals surface area (Å²) in [5.41, 5.74) is -1.22. The van der Waals surface area contributed by atoms with Crippen molar-refractivity contribution in [1.29, 1.82) is 0 Å². The number of pyridine rings is 1. The Labute approximate surface area is 233 Å². The highest BCUT2D eigenvalue weighted by atomic mass is 32.2. The van der Waals surface area contributed by atoms with E-state index in [1.165, 1.54) is 19.2 Å². The number of hydrogen-bond acceptors (Lipinski definition) is 4. The SMILES string of the molecule is C/C=C/c1c(Cc2cccc3ccccc23)c(-c2cccc(C(F)(F)F)c2)c2n(c1=O)C(C(=O)O)CN(C)S2(=O)=O. The van der Waals surface area contributed by atoms with Crippen LogP contribution in [0.25, 0.3) is 28.0 Å². The summed E-state index contributed by atoms with van der Waals surface area (Å²) < 4.78 is 70.6. The number of carboxylic acid groups (broad SMARTS) is 1. The number of allylic oxidation sites excluding steroid dienone is 1. The predicted octanol–water partition coefficient (Wildman–Crippen LogP) is 5.57. The van der Waals surface area contributed by atoms with Crippen LogP contribution in [0.3, 0.4) is 0 Å². The maximum Gasteiger partial charge on any atom is 0.416 e. The highest BCUT2D eigenvalue weighted by molar-refractivity contribution is 7.89. The van der Waals surface area contributed by atoms with Crippen molar-refractivity contribution in [1.82, 2.24) is 8.87 Å². The summed E-state index contributed by atoms with van der Waals surface area (Å²) in [5, 5.41) is 11.1. The molecule has 1 aliphatic heterocycles. The first-order chi connectivity index (χ1) is 19.4. The summed E-state index contributed by atoms with van der Waals surface area (Å²) in [6, 6.07) is 15.5. The summed E-state index contributed by atoms with van der Waals surface area (Å²) in [4.78, 5) is 26.3. The van der Waals surface area contributed by atoms with Crippen LogP contribution in [0.2, 0.25) is 0 Å². The molecule has 41 heavy (non-hydrogen) atoms. The largest absolute Gasteiger partial charge is 0.480 e. The molecule has 1 atom stereocenters. The van der Waals surface area contributed by atoms with Gasteiger partial charge in [0.1, 0.15) is 6.04 Å². The molecule has 3 aromatic carbocycles. The van der Waals surface area contributed by atoms with E-state index < -0.39 is 50.9 Å². The average Bonchev–Trinajstić information content (AvgIpc) is 2.92. The number of rotatable bonds is 5. The summed E-state index contributed by atoms with van der Waals surface area (Å²) >= 11 is 0. The third kappa shape index (κ3) is 4.85. The van der Waals surface area contributed by atoms with Crippen LogP contribution in [0, 0.1) is 0 Å². The molecule has 0 spiro atoms. The van der Waals surface area contributed by atoms with Gasteiger partial charge in [-0.3, -0.25) is 9.36 Å². The Balaban J connectivity index is 1.98. The van der Waals surface area contributed by atoms with Gasteiger partial charge in [-0.1, -0.05) is 66.7 Å². The molecule has 7 nitrogen and oxygen atoms in total. The molecule has 0 radical (unpaired) electrons. The molecule has 5 rings (SSSR count). The summed E-state index contributed by atoms with van der Waals surface area (Å²) in [5.74, 6) is -1.45. The minimum atomic E-state index is -4.73. The van der Waals surface area contributed by atoms with Crippen LogP contribution < -0.4 is 5.56 Å². The molecule has 0 aliphatic carbocycles. The number of fused-ring (bicyclic) bond motifs is 2. The van der Waals surface area contributed by atoms with Gasteiger partial charge in [-0.05, 0) is 52.9 Å². The molecule has 0 bridgehead atoms. The van der Waals surface area contributed by atoms with Gasteiger partial charge >= 0.3 is 12.1 Å². The number of likely N-dealkylation sites (N-methyl/N-ethyl adjacent to an activating group) is 1. The van der Waals surface area contributed by atoms with Crippen LogP contribution in [-0.4, -0.2) is 42.0 Å². The molecule has 0 amide bonds. The topological polar surface area (TPSA) is 96.7 Å². The molecule has 1 aromatic heterocycles. The number of alkyl halides is 3. The van der Waals surface area contributed by atoms with Crippen molar-refractivity contribution >= 4 is 32.8 Å². The fourth-order valence-electron chi connectivity index (χ4n) is 5.34. The average molecular weight is 583 g/mol. The zero-order valence-corrected chi connectivity index (χ0v) is 22.8. The number of sulfonamides is 1. The summed E-state index contributed by atoms with van der Waals surface area (Å²) in [6.45, 7) is 1.11. The predicted molar refractivity (Wildman–Crippen MR) is 149 cm³/mol. The zero-order chi connectivity index (χ0) is 29.7. The third-order valence-electron chi connectivity index (χ3n) is 7.25. The Morgan fingerprint density at radius 3 is 2.44 bits per heavy atom. The van der Waals surface area contributed by atoms with Gasteiger partial charge in [0.25, 0.3) is 15.6 Å². The first-order valence-corrected chi connectivity index (χ1v) is 14.1. The maximum absolute atomic E-state index is 14.0. The Morgan fingerprint density at radius 1 is 1.07 bits per heavy atom. The molecule has 212 valence electrons. The number of nitrogens with zero attached hydrogens (tertiary/aromatic N) is 2. The Hall–Kier alpha value is -4.22. The molecule has 0 fully saturated rings. The molecule has 11 heteroatoms. The lowest BCUT2D eigenvalue weighted by Gasteiger charge is -2.34. The van der Waals surface area contributed by atoms with E-state index in [2.05, 4.69) is 0 Å². The molecular formula is C30H25F3N2O5S. The van der Waals surface area contributed by atoms with Crippen LogP contribution >= 0.6 is 0 Å². The van der Waals surface area contributed by atoms with Crippen LogP contribution in [-0.2, 0) is 27.4 Å². The Bertz CT molecular complexity index is 1890. The number of carbonyl (C=O) groups is 1. The quantitative estimate of drug-likeness (QED) is 0.332. The van der Waals surface area contributed by atoms with E-state index in [1.807, 2.05) is 30.3 Å². The minimum absolute atomic E-state index is 0.00241. The number of hydrogen-bond donors (Lipinski definition) is 1. The van der Waals surface area contributed by atoms with Gasteiger partial charge in [-0.2, -0.15) is 17.5 Å². The van der Waals surface area contributed by atoms with Gasteiger partial charge in [0.2, 0.25) is 0 Å². The fourth-order valence-corrected chi connectivity index (χ4v) is 6.93. The van der Waals surface area contributed by atoms with Crippen molar-refractivity contribution in [2.75, 3.05) is 13.6 Å². The standard InChI is InChI=1S/C30H25F3N2O5S/c1-3-8-23-24(16-19-11-6-10-18-9-4-5-14-22(18)19)26(20-12-7-13-21(15-20)30(31,32)33)28-35(27(23)36)25(29(37)38)17-34(2)41(28,39)40/h3-15,25H,16-17H2,1-2H3,(H,37,38)/b8-3+. The van der Waals surface area contributed by atoms with Crippen LogP contribution in [0.5, 0.6) is 0 Å². The van der Waals surface area contributed by atoms with Gasteiger partial charge < -0.3 is 5.11 Å². The van der Waals surface area contributed by atoms with Gasteiger partial charge in [0, 0.05) is 24.7 Å². The molecule has 1 aliphatic rings. The van der Waals surface area contributed by atoms with E-state index in [4.69, 9.17) is 0 Å². The van der Waals surface area contributed by atoms with E-state index in [0.717, 1.165) is 33.3 Å². The number of aromatic nitrogens is 1. The third-order valence-corrected chi connectivity index (χ3v) is 9.11. The molecule has 0 saturated heterocycles. The van der Waals surface area contributed by atoms with Crippen molar-refractivity contribution in [3.63, 3.8) is 0 Å². The molecular weight excluding hydrogens is 557 g/mol. The lowest BCUT2D eigenvalue weighted by atomic mass is 9.89. The second-order valence-corrected chi connectivity index (χ2v) is 11.7. The molecule has 1 N–H and O–H groups in total. The van der Waals surface area contributed by atoms with Crippen molar-refractivity contribution in [2.24, 2.45) is 0 Å². The lowest BCUT2D eigenvalue weighted by Crippen LogP contribution is -2.48. The van der Waals surface area contributed by atoms with Gasteiger partial charge in [0.05, 0.1) is 5.56 Å². The number of benzene rings is 3. The van der Waals surface area contributed by atoms with E-state index in [9.17, 15) is 36.3 Å². The zero-order valence-electron chi connectivity index (χ0n) is 22.0. The van der Waals surface area contributed by atoms with Crippen LogP contribution in [0.15, 0.2) is 82.6 Å². The normalized spacial score (nSPS) is 17.1. The smallest absolute Gasteiger partial charge is 0.416 e. The van der Waals surface area contributed by atoms with Gasteiger partial charge in [-0.25, -0.2) is 13.2 Å². The molecule has 1 unspecified atom stereocenters. The Kier molecular flexibility index (Phi) is 7.12. The van der Waals surface area contributed by atoms with Crippen molar-refractivity contribution in [3.05, 3.63) is 105 Å². The van der Waals surface area contributed by atoms with E-state index >= 15 is 0 Å². The van der Waals surface area contributed by atoms with Gasteiger partial charge in [-0.15, -0.1) is 0 Å². The minimum Gasteiger partial charge on any atom is -0.480 e. The maximum atomic E-state index is 14.0. The highest BCUT2D eigenvalue weighted by Crippen LogP contribution is 2.41. The van der Waals surface area contributed by atoms with E-state index in [1.54, 1.807) is 25.1 Å². The first-order valence-electron chi connectivity index (χ1n) is 12.6. The second-order valence-electron chi connectivity index (χ2n) is 9.78. The summed E-state index contributed by atoms with van der Waals surface area (Å²) in [6.07, 6.45) is -1.75. The molecule has 0 saturated carbocycles. The number of aliphatic carboxylic acids is 1. The van der Waals surface area contributed by atoms with E-state index in [-0.39, 0.29) is 28.7 Å². The van der Waals surface area contributed by atoms with Crippen molar-refractivity contribution in [2.45, 2.75) is 30.6 Å². The van der Waals surface area contributed by atoms with Gasteiger partial charge in [0.15, 0.2) is 5.03 Å². The van der Waals surface area contributed by atoms with Crippen LogP contribution in [0.1, 0.15) is 35.2 Å². The first kappa shape index (κ1) is 28.3. The number of carboxylic acids is 1. The summed E-state index contributed by atoms with van der Waals surface area (Å²) in [7, 11) is -3.32. The fraction of sp³-hybridized carbons (Fsp3) is 0.200. The van der Waals surface area contributed by atoms with Crippen molar-refractivity contribution in [3.8, 4) is 11.1 Å². The lowest BCUT2D eigenvalue weighted by molar-refractivity contribution is -0.141. The molecule has 4 aromatic rings. The number of halogens is 3. The Morgan fingerprint density at radius 2 is 1.76 bits per heavy atom. The second kappa shape index (κ2) is 10.3. The monoisotopic (exact) mass is 582 g/mol. The van der Waals surface area contributed by atoms with Crippen LogP contribution in [0.4, 0.5) is 13.2 Å². The highest BCUT2D eigenvalue weighted by Gasteiger charge is 2.43. The molecule has 2 heterocycles.